The van der Waals surface area contributed by atoms with Crippen LogP contribution in [0.1, 0.15) is 30.9 Å². The van der Waals surface area contributed by atoms with Gasteiger partial charge in [-0.05, 0) is 44.2 Å². The van der Waals surface area contributed by atoms with Gasteiger partial charge in [-0.25, -0.2) is 4.99 Å². The first-order chi connectivity index (χ1) is 10.0. The molecule has 4 heteroatoms. The minimum atomic E-state index is 0.437. The summed E-state index contributed by atoms with van der Waals surface area (Å²) < 4.78 is 5.93. The van der Waals surface area contributed by atoms with Crippen molar-refractivity contribution in [2.75, 3.05) is 13.2 Å². The van der Waals surface area contributed by atoms with Gasteiger partial charge in [0.1, 0.15) is 5.75 Å². The smallest absolute Gasteiger partial charge is 0.189 e. The summed E-state index contributed by atoms with van der Waals surface area (Å²) in [6, 6.07) is 6.21. The monoisotopic (exact) mass is 287 g/mol. The molecule has 0 heterocycles. The average Bonchev–Trinajstić information content (AvgIpc) is 3.26. The summed E-state index contributed by atoms with van der Waals surface area (Å²) in [6.45, 7) is 9.82. The van der Waals surface area contributed by atoms with Crippen molar-refractivity contribution >= 4 is 5.96 Å². The Bertz CT molecular complexity index is 533. The molecule has 1 aliphatic rings. The first-order valence-corrected chi connectivity index (χ1v) is 7.45. The molecule has 1 aliphatic carbocycles. The number of hydrogen-bond acceptors (Lipinski definition) is 2. The average molecular weight is 287 g/mol. The molecule has 21 heavy (non-hydrogen) atoms. The summed E-state index contributed by atoms with van der Waals surface area (Å²) in [7, 11) is 0. The molecule has 1 saturated carbocycles. The number of hydrogen-bond donors (Lipinski definition) is 2. The topological polar surface area (TPSA) is 59.6 Å². The summed E-state index contributed by atoms with van der Waals surface area (Å²) in [6.07, 6.45) is 2.58. The zero-order chi connectivity index (χ0) is 15.2. The van der Waals surface area contributed by atoms with Crippen molar-refractivity contribution in [3.05, 3.63) is 41.5 Å². The zero-order valence-corrected chi connectivity index (χ0v) is 13.0. The molecule has 2 rings (SSSR count). The van der Waals surface area contributed by atoms with E-state index in [0.717, 1.165) is 29.4 Å². The molecule has 0 bridgehead atoms. The highest BCUT2D eigenvalue weighted by Gasteiger charge is 2.22. The van der Waals surface area contributed by atoms with Crippen LogP contribution in [0.5, 0.6) is 5.75 Å². The molecule has 1 fully saturated rings. The van der Waals surface area contributed by atoms with E-state index in [1.54, 1.807) is 0 Å². The Balaban J connectivity index is 1.96. The largest absolute Gasteiger partial charge is 0.493 e. The zero-order valence-electron chi connectivity index (χ0n) is 13.0. The lowest BCUT2D eigenvalue weighted by Gasteiger charge is -2.11. The summed E-state index contributed by atoms with van der Waals surface area (Å²) in [5, 5.41) is 3.03. The van der Waals surface area contributed by atoms with Crippen LogP contribution in [0.15, 0.2) is 35.3 Å². The lowest BCUT2D eigenvalue weighted by molar-refractivity contribution is 0.296. The predicted octanol–water partition coefficient (Wildman–Crippen LogP) is 2.76. The third-order valence-electron chi connectivity index (χ3n) is 3.39. The van der Waals surface area contributed by atoms with Crippen molar-refractivity contribution in [1.82, 2.24) is 5.32 Å². The molecular formula is C17H25N3O. The molecule has 0 amide bonds. The van der Waals surface area contributed by atoms with E-state index >= 15 is 0 Å². The SMILES string of the molecule is C=C(C)CNC(N)=NCc1ccc(C)cc1OCC1CC1. The fourth-order valence-electron chi connectivity index (χ4n) is 1.89. The number of aryl methyl sites for hydroxylation is 1. The van der Waals surface area contributed by atoms with Gasteiger partial charge in [0, 0.05) is 12.1 Å². The maximum absolute atomic E-state index is 5.93. The van der Waals surface area contributed by atoms with Crippen molar-refractivity contribution in [3.63, 3.8) is 0 Å². The van der Waals surface area contributed by atoms with Gasteiger partial charge in [-0.15, -0.1) is 0 Å². The van der Waals surface area contributed by atoms with Gasteiger partial charge >= 0.3 is 0 Å². The van der Waals surface area contributed by atoms with E-state index in [4.69, 9.17) is 10.5 Å². The lowest BCUT2D eigenvalue weighted by Crippen LogP contribution is -2.32. The molecule has 1 aromatic carbocycles. The highest BCUT2D eigenvalue weighted by molar-refractivity contribution is 5.78. The van der Waals surface area contributed by atoms with E-state index in [-0.39, 0.29) is 0 Å². The van der Waals surface area contributed by atoms with Gasteiger partial charge in [0.05, 0.1) is 13.2 Å². The Morgan fingerprint density at radius 3 is 2.90 bits per heavy atom. The van der Waals surface area contributed by atoms with Crippen molar-refractivity contribution in [3.8, 4) is 5.75 Å². The van der Waals surface area contributed by atoms with Gasteiger partial charge in [-0.3, -0.25) is 0 Å². The van der Waals surface area contributed by atoms with Crippen LogP contribution >= 0.6 is 0 Å². The normalized spacial score (nSPS) is 14.9. The predicted molar refractivity (Wildman–Crippen MR) is 87.5 cm³/mol. The van der Waals surface area contributed by atoms with Gasteiger partial charge in [0.2, 0.25) is 0 Å². The van der Waals surface area contributed by atoms with E-state index in [9.17, 15) is 0 Å². The molecule has 0 atom stereocenters. The molecule has 0 radical (unpaired) electrons. The number of guanidine groups is 1. The van der Waals surface area contributed by atoms with Crippen molar-refractivity contribution in [2.45, 2.75) is 33.2 Å². The Labute approximate surface area is 127 Å². The van der Waals surface area contributed by atoms with Crippen molar-refractivity contribution < 1.29 is 4.74 Å². The van der Waals surface area contributed by atoms with Crippen LogP contribution in [0.25, 0.3) is 0 Å². The first kappa shape index (κ1) is 15.4. The van der Waals surface area contributed by atoms with Gasteiger partial charge in [0.25, 0.3) is 0 Å². The molecule has 0 aliphatic heterocycles. The van der Waals surface area contributed by atoms with Gasteiger partial charge < -0.3 is 15.8 Å². The lowest BCUT2D eigenvalue weighted by atomic mass is 10.1. The third kappa shape index (κ3) is 5.50. The molecule has 3 N–H and O–H groups in total. The minimum absolute atomic E-state index is 0.437. The van der Waals surface area contributed by atoms with E-state index < -0.39 is 0 Å². The Kier molecular flexibility index (Phi) is 5.26. The summed E-state index contributed by atoms with van der Waals surface area (Å²) in [5.74, 6) is 2.11. The molecule has 114 valence electrons. The van der Waals surface area contributed by atoms with E-state index in [1.807, 2.05) is 6.92 Å². The van der Waals surface area contributed by atoms with Crippen LogP contribution in [0.3, 0.4) is 0 Å². The molecule has 4 nitrogen and oxygen atoms in total. The Morgan fingerprint density at radius 1 is 1.48 bits per heavy atom. The minimum Gasteiger partial charge on any atom is -0.493 e. The maximum Gasteiger partial charge on any atom is 0.189 e. The van der Waals surface area contributed by atoms with E-state index in [0.29, 0.717) is 19.0 Å². The highest BCUT2D eigenvalue weighted by Crippen LogP contribution is 2.30. The number of nitrogens with two attached hydrogens (primary N) is 1. The first-order valence-electron chi connectivity index (χ1n) is 7.45. The number of benzene rings is 1. The van der Waals surface area contributed by atoms with Gasteiger partial charge in [0.15, 0.2) is 5.96 Å². The second kappa shape index (κ2) is 7.16. The molecular weight excluding hydrogens is 262 g/mol. The number of aliphatic imine (C=N–C) groups is 1. The van der Waals surface area contributed by atoms with Crippen LogP contribution < -0.4 is 15.8 Å². The van der Waals surface area contributed by atoms with Crippen LogP contribution in [0, 0.1) is 12.8 Å². The van der Waals surface area contributed by atoms with Crippen molar-refractivity contribution in [2.24, 2.45) is 16.6 Å². The number of rotatable bonds is 7. The molecule has 1 aromatic rings. The second-order valence-electron chi connectivity index (χ2n) is 5.88. The van der Waals surface area contributed by atoms with Crippen LogP contribution in [-0.2, 0) is 6.54 Å². The van der Waals surface area contributed by atoms with Crippen LogP contribution in [0.4, 0.5) is 0 Å². The summed E-state index contributed by atoms with van der Waals surface area (Å²) in [4.78, 5) is 4.36. The quantitative estimate of drug-likeness (QED) is 0.460. The Morgan fingerprint density at radius 2 is 2.24 bits per heavy atom. The van der Waals surface area contributed by atoms with E-state index in [1.165, 1.54) is 18.4 Å². The molecule has 0 unspecified atom stereocenters. The fourth-order valence-corrected chi connectivity index (χ4v) is 1.89. The summed E-state index contributed by atoms with van der Waals surface area (Å²) >= 11 is 0. The Hall–Kier alpha value is -1.97. The molecule has 0 spiro atoms. The van der Waals surface area contributed by atoms with Gasteiger partial charge in [-0.1, -0.05) is 24.3 Å². The third-order valence-corrected chi connectivity index (χ3v) is 3.39. The number of nitrogens with one attached hydrogen (secondary N) is 1. The summed E-state index contributed by atoms with van der Waals surface area (Å²) in [5.41, 5.74) is 9.13. The standard InChI is InChI=1S/C17H25N3O/c1-12(2)9-19-17(18)20-10-15-7-4-13(3)8-16(15)21-11-14-5-6-14/h4,7-8,14H,1,5-6,9-11H2,2-3H3,(H3,18,19,20). The molecule has 0 aromatic heterocycles. The van der Waals surface area contributed by atoms with E-state index in [2.05, 4.69) is 42.0 Å². The van der Waals surface area contributed by atoms with Crippen molar-refractivity contribution in [1.29, 1.82) is 0 Å². The maximum atomic E-state index is 5.93. The number of nitrogens with zero attached hydrogens (tertiary/aromatic N) is 1. The van der Waals surface area contributed by atoms with Gasteiger partial charge in [-0.2, -0.15) is 0 Å². The number of ether oxygens (including phenoxy) is 1. The van der Waals surface area contributed by atoms with Crippen LogP contribution in [0.2, 0.25) is 0 Å². The fraction of sp³-hybridized carbons (Fsp3) is 0.471. The van der Waals surface area contributed by atoms with Crippen LogP contribution in [-0.4, -0.2) is 19.1 Å². The molecule has 0 saturated heterocycles. The highest BCUT2D eigenvalue weighted by atomic mass is 16.5. The second-order valence-corrected chi connectivity index (χ2v) is 5.88.